The van der Waals surface area contributed by atoms with Gasteiger partial charge >= 0.3 is 0 Å². The molecule has 2 aromatic rings. The molecule has 0 bridgehead atoms. The molecule has 0 saturated heterocycles. The van der Waals surface area contributed by atoms with E-state index >= 15 is 0 Å². The Morgan fingerprint density at radius 3 is 2.88 bits per heavy atom. The maximum atomic E-state index is 5.81. The van der Waals surface area contributed by atoms with Gasteiger partial charge in [0.05, 0.1) is 5.69 Å². The van der Waals surface area contributed by atoms with Crippen molar-refractivity contribution >= 4 is 0 Å². The molecule has 88 valence electrons. The van der Waals surface area contributed by atoms with Crippen LogP contribution in [0, 0.1) is 6.92 Å². The van der Waals surface area contributed by atoms with Crippen molar-refractivity contribution in [1.82, 2.24) is 10.3 Å². The van der Waals surface area contributed by atoms with Gasteiger partial charge in [0.15, 0.2) is 0 Å². The third-order valence-electron chi connectivity index (χ3n) is 2.47. The summed E-state index contributed by atoms with van der Waals surface area (Å²) in [4.78, 5) is 4.20. The Kier molecular flexibility index (Phi) is 3.73. The summed E-state index contributed by atoms with van der Waals surface area (Å²) in [5, 5.41) is 3.12. The lowest BCUT2D eigenvalue weighted by Gasteiger charge is -2.09. The van der Waals surface area contributed by atoms with Gasteiger partial charge in [0.1, 0.15) is 11.5 Å². The van der Waals surface area contributed by atoms with Crippen LogP contribution in [0.25, 0.3) is 0 Å². The molecular weight excluding hydrogens is 212 g/mol. The normalized spacial score (nSPS) is 10.2. The van der Waals surface area contributed by atoms with Crippen molar-refractivity contribution in [2.45, 2.75) is 13.5 Å². The topological polar surface area (TPSA) is 34.1 Å². The van der Waals surface area contributed by atoms with Crippen molar-refractivity contribution in [2.75, 3.05) is 7.05 Å². The van der Waals surface area contributed by atoms with Crippen LogP contribution in [0.1, 0.15) is 11.3 Å². The number of hydrogen-bond acceptors (Lipinski definition) is 3. The molecule has 0 radical (unpaired) electrons. The SMILES string of the molecule is CNCc1cccc(Oc2cccnc2C)c1. The van der Waals surface area contributed by atoms with Gasteiger partial charge in [-0.2, -0.15) is 0 Å². The minimum absolute atomic E-state index is 0.800. The van der Waals surface area contributed by atoms with Crippen molar-refractivity contribution in [1.29, 1.82) is 0 Å². The van der Waals surface area contributed by atoms with Gasteiger partial charge in [0, 0.05) is 12.7 Å². The Labute approximate surface area is 101 Å². The summed E-state index contributed by atoms with van der Waals surface area (Å²) in [7, 11) is 1.93. The van der Waals surface area contributed by atoms with Gasteiger partial charge in [-0.05, 0) is 43.8 Å². The number of pyridine rings is 1. The summed E-state index contributed by atoms with van der Waals surface area (Å²) in [6.45, 7) is 2.77. The average molecular weight is 228 g/mol. The fourth-order valence-electron chi connectivity index (χ4n) is 1.63. The molecule has 0 aliphatic heterocycles. The highest BCUT2D eigenvalue weighted by molar-refractivity contribution is 5.35. The van der Waals surface area contributed by atoms with Crippen LogP contribution >= 0.6 is 0 Å². The van der Waals surface area contributed by atoms with E-state index in [1.807, 2.05) is 44.3 Å². The second kappa shape index (κ2) is 5.46. The van der Waals surface area contributed by atoms with Crippen molar-refractivity contribution in [3.63, 3.8) is 0 Å². The Morgan fingerprint density at radius 1 is 1.24 bits per heavy atom. The fourth-order valence-corrected chi connectivity index (χ4v) is 1.63. The Bertz CT molecular complexity index is 497. The van der Waals surface area contributed by atoms with Crippen LogP contribution in [0.2, 0.25) is 0 Å². The van der Waals surface area contributed by atoms with E-state index in [1.54, 1.807) is 6.20 Å². The first-order valence-electron chi connectivity index (χ1n) is 5.62. The zero-order valence-electron chi connectivity index (χ0n) is 10.1. The Balaban J connectivity index is 2.18. The van der Waals surface area contributed by atoms with Gasteiger partial charge in [-0.1, -0.05) is 12.1 Å². The van der Waals surface area contributed by atoms with E-state index in [4.69, 9.17) is 4.74 Å². The minimum atomic E-state index is 0.800. The molecule has 0 atom stereocenters. The van der Waals surface area contributed by atoms with Crippen molar-refractivity contribution in [3.8, 4) is 11.5 Å². The molecule has 1 N–H and O–H groups in total. The van der Waals surface area contributed by atoms with Crippen LogP contribution in [0.15, 0.2) is 42.6 Å². The standard InChI is InChI=1S/C14H16N2O/c1-11-14(7-4-8-16-11)17-13-6-3-5-12(9-13)10-15-2/h3-9,15H,10H2,1-2H3. The fraction of sp³-hybridized carbons (Fsp3) is 0.214. The first-order chi connectivity index (χ1) is 8.29. The number of ether oxygens (including phenoxy) is 1. The van der Waals surface area contributed by atoms with Crippen molar-refractivity contribution in [2.24, 2.45) is 0 Å². The molecule has 3 nitrogen and oxygen atoms in total. The summed E-state index contributed by atoms with van der Waals surface area (Å²) in [5.74, 6) is 1.64. The van der Waals surface area contributed by atoms with E-state index < -0.39 is 0 Å². The molecule has 1 heterocycles. The molecule has 17 heavy (non-hydrogen) atoms. The molecule has 1 aromatic carbocycles. The quantitative estimate of drug-likeness (QED) is 0.873. The molecule has 2 rings (SSSR count). The number of hydrogen-bond donors (Lipinski definition) is 1. The molecule has 0 spiro atoms. The summed E-state index contributed by atoms with van der Waals surface area (Å²) < 4.78 is 5.81. The number of aryl methyl sites for hydroxylation is 1. The first-order valence-corrected chi connectivity index (χ1v) is 5.62. The molecular formula is C14H16N2O. The molecule has 0 fully saturated rings. The van der Waals surface area contributed by atoms with Crippen LogP contribution < -0.4 is 10.1 Å². The molecule has 1 aromatic heterocycles. The van der Waals surface area contributed by atoms with Gasteiger partial charge in [0.25, 0.3) is 0 Å². The van der Waals surface area contributed by atoms with Crippen LogP contribution in [0.4, 0.5) is 0 Å². The third-order valence-corrected chi connectivity index (χ3v) is 2.47. The zero-order valence-corrected chi connectivity index (χ0v) is 10.1. The lowest BCUT2D eigenvalue weighted by Crippen LogP contribution is -2.04. The van der Waals surface area contributed by atoms with Crippen molar-refractivity contribution < 1.29 is 4.74 Å². The Hall–Kier alpha value is -1.87. The van der Waals surface area contributed by atoms with Gasteiger partial charge in [-0.3, -0.25) is 4.98 Å². The predicted molar refractivity (Wildman–Crippen MR) is 68.3 cm³/mol. The van der Waals surface area contributed by atoms with Crippen LogP contribution in [-0.4, -0.2) is 12.0 Å². The van der Waals surface area contributed by atoms with Gasteiger partial charge in [-0.15, -0.1) is 0 Å². The van der Waals surface area contributed by atoms with Crippen molar-refractivity contribution in [3.05, 3.63) is 53.9 Å². The average Bonchev–Trinajstić information content (AvgIpc) is 2.33. The summed E-state index contributed by atoms with van der Waals surface area (Å²) in [6, 6.07) is 11.8. The molecule has 0 aliphatic carbocycles. The Morgan fingerprint density at radius 2 is 2.12 bits per heavy atom. The minimum Gasteiger partial charge on any atom is -0.455 e. The lowest BCUT2D eigenvalue weighted by molar-refractivity contribution is 0.475. The van der Waals surface area contributed by atoms with Crippen LogP contribution in [-0.2, 0) is 6.54 Å². The summed E-state index contributed by atoms with van der Waals surface area (Å²) in [6.07, 6.45) is 1.76. The van der Waals surface area contributed by atoms with Crippen LogP contribution in [0.3, 0.4) is 0 Å². The monoisotopic (exact) mass is 228 g/mol. The highest BCUT2D eigenvalue weighted by atomic mass is 16.5. The maximum Gasteiger partial charge on any atom is 0.148 e. The molecule has 0 amide bonds. The van der Waals surface area contributed by atoms with E-state index in [0.717, 1.165) is 23.7 Å². The van der Waals surface area contributed by atoms with E-state index in [9.17, 15) is 0 Å². The summed E-state index contributed by atoms with van der Waals surface area (Å²) >= 11 is 0. The predicted octanol–water partition coefficient (Wildman–Crippen LogP) is 2.90. The highest BCUT2D eigenvalue weighted by Gasteiger charge is 2.01. The lowest BCUT2D eigenvalue weighted by atomic mass is 10.2. The molecule has 0 saturated carbocycles. The van der Waals surface area contributed by atoms with Gasteiger partial charge in [0.2, 0.25) is 0 Å². The number of benzene rings is 1. The number of aromatic nitrogens is 1. The number of nitrogens with one attached hydrogen (secondary N) is 1. The van der Waals surface area contributed by atoms with E-state index in [-0.39, 0.29) is 0 Å². The molecule has 0 aliphatic rings. The second-order valence-corrected chi connectivity index (χ2v) is 3.87. The first kappa shape index (κ1) is 11.6. The second-order valence-electron chi connectivity index (χ2n) is 3.87. The summed E-state index contributed by atoms with van der Waals surface area (Å²) in [5.41, 5.74) is 2.10. The van der Waals surface area contributed by atoms with Gasteiger partial charge < -0.3 is 10.1 Å². The molecule has 3 heteroatoms. The van der Waals surface area contributed by atoms with E-state index in [0.29, 0.717) is 0 Å². The maximum absolute atomic E-state index is 5.81. The highest BCUT2D eigenvalue weighted by Crippen LogP contribution is 2.23. The number of nitrogens with zero attached hydrogens (tertiary/aromatic N) is 1. The van der Waals surface area contributed by atoms with Gasteiger partial charge in [-0.25, -0.2) is 0 Å². The zero-order chi connectivity index (χ0) is 12.1. The van der Waals surface area contributed by atoms with E-state index in [2.05, 4.69) is 16.4 Å². The molecule has 0 unspecified atom stereocenters. The largest absolute Gasteiger partial charge is 0.455 e. The third kappa shape index (κ3) is 3.04. The smallest absolute Gasteiger partial charge is 0.148 e. The number of rotatable bonds is 4. The van der Waals surface area contributed by atoms with Crippen LogP contribution in [0.5, 0.6) is 11.5 Å². The van der Waals surface area contributed by atoms with E-state index in [1.165, 1.54) is 5.56 Å².